The minimum Gasteiger partial charge on any atom is -0.207 e. The molecule has 28 heavy (non-hydrogen) atoms. The van der Waals surface area contributed by atoms with Gasteiger partial charge in [0.15, 0.2) is 0 Å². The fraction of sp³-hybridized carbons (Fsp3) is 0.250. The molecule has 146 valence electrons. The molecule has 0 amide bonds. The van der Waals surface area contributed by atoms with E-state index in [2.05, 4.69) is 6.92 Å². The molecule has 0 bridgehead atoms. The van der Waals surface area contributed by atoms with Crippen LogP contribution >= 0.6 is 0 Å². The van der Waals surface area contributed by atoms with E-state index in [0.717, 1.165) is 42.1 Å². The Morgan fingerprint density at radius 2 is 1.04 bits per heavy atom. The third kappa shape index (κ3) is 4.32. The fourth-order valence-electron chi connectivity index (χ4n) is 4.39. The first-order valence-electron chi connectivity index (χ1n) is 10.0. The molecule has 4 heteroatoms. The van der Waals surface area contributed by atoms with Crippen LogP contribution in [0.5, 0.6) is 0 Å². The van der Waals surface area contributed by atoms with E-state index in [9.17, 15) is 13.2 Å². The van der Waals surface area contributed by atoms with Gasteiger partial charge in [0.25, 0.3) is 0 Å². The summed E-state index contributed by atoms with van der Waals surface area (Å²) in [5.41, 5.74) is 2.31. The van der Waals surface area contributed by atoms with Gasteiger partial charge < -0.3 is 0 Å². The summed E-state index contributed by atoms with van der Waals surface area (Å²) in [5.74, 6) is -1.03. The molecular formula is C24H25BF3-. The molecule has 0 aromatic heterocycles. The summed E-state index contributed by atoms with van der Waals surface area (Å²) >= 11 is 0. The first-order chi connectivity index (χ1) is 13.6. The van der Waals surface area contributed by atoms with Crippen LogP contribution in [0.3, 0.4) is 0 Å². The van der Waals surface area contributed by atoms with Gasteiger partial charge in [0.1, 0.15) is 17.5 Å². The Labute approximate surface area is 165 Å². The molecule has 0 radical (unpaired) electrons. The standard InChI is InChI=1S/C24H25BF3/c1-2-3-4-5-15-25(19-9-6-12-22(26)16-19,20-10-7-13-23(27)17-20)21-11-8-14-24(28)18-21/h6-14,16-18H,2-5,15H2,1H3/q-1. The van der Waals surface area contributed by atoms with Crippen molar-refractivity contribution in [1.29, 1.82) is 0 Å². The van der Waals surface area contributed by atoms with Gasteiger partial charge in [-0.15, -0.1) is 0 Å². The second-order valence-electron chi connectivity index (χ2n) is 7.56. The van der Waals surface area contributed by atoms with Crippen LogP contribution in [-0.2, 0) is 0 Å². The molecule has 0 heterocycles. The maximum Gasteiger partial charge on any atom is 0.120 e. The first kappa shape index (κ1) is 20.3. The molecule has 3 aromatic carbocycles. The van der Waals surface area contributed by atoms with Crippen molar-refractivity contribution in [3.05, 3.63) is 90.2 Å². The smallest absolute Gasteiger partial charge is 0.120 e. The van der Waals surface area contributed by atoms with E-state index in [0.29, 0.717) is 6.32 Å². The molecule has 0 aliphatic heterocycles. The highest BCUT2D eigenvalue weighted by Crippen LogP contribution is 2.19. The molecule has 0 saturated heterocycles. The summed E-state index contributed by atoms with van der Waals surface area (Å²) in [6, 6.07) is 19.4. The zero-order valence-electron chi connectivity index (χ0n) is 16.2. The summed E-state index contributed by atoms with van der Waals surface area (Å²) in [5, 5.41) is 0. The quantitative estimate of drug-likeness (QED) is 0.374. The normalized spacial score (nSPS) is 11.6. The van der Waals surface area contributed by atoms with Gasteiger partial charge in [-0.2, -0.15) is 22.7 Å². The Morgan fingerprint density at radius 3 is 1.39 bits per heavy atom. The molecule has 3 rings (SSSR count). The van der Waals surface area contributed by atoms with Crippen LogP contribution in [0.2, 0.25) is 6.32 Å². The van der Waals surface area contributed by atoms with Gasteiger partial charge in [-0.05, 0) is 18.2 Å². The zero-order chi connectivity index (χ0) is 20.0. The van der Waals surface area contributed by atoms with Crippen LogP contribution in [-0.4, -0.2) is 6.15 Å². The fourth-order valence-corrected chi connectivity index (χ4v) is 4.39. The lowest BCUT2D eigenvalue weighted by Gasteiger charge is -2.43. The molecule has 0 atom stereocenters. The third-order valence-electron chi connectivity index (χ3n) is 5.74. The second kappa shape index (κ2) is 9.14. The van der Waals surface area contributed by atoms with Gasteiger partial charge in [-0.3, -0.25) is 0 Å². The Kier molecular flexibility index (Phi) is 6.61. The van der Waals surface area contributed by atoms with Crippen molar-refractivity contribution in [2.75, 3.05) is 0 Å². The highest BCUT2D eigenvalue weighted by molar-refractivity contribution is 7.11. The highest BCUT2D eigenvalue weighted by atomic mass is 19.1. The topological polar surface area (TPSA) is 0 Å². The lowest BCUT2D eigenvalue weighted by molar-refractivity contribution is 0.628. The maximum atomic E-state index is 14.2. The number of unbranched alkanes of at least 4 members (excludes halogenated alkanes) is 3. The predicted molar refractivity (Wildman–Crippen MR) is 113 cm³/mol. The lowest BCUT2D eigenvalue weighted by atomic mass is 9.14. The number of benzene rings is 3. The molecular weight excluding hydrogens is 356 g/mol. The maximum absolute atomic E-state index is 14.2. The predicted octanol–water partition coefficient (Wildman–Crippen LogP) is 5.15. The van der Waals surface area contributed by atoms with E-state index < -0.39 is 6.15 Å². The number of hydrogen-bond donors (Lipinski definition) is 0. The van der Waals surface area contributed by atoms with Gasteiger partial charge in [-0.25, -0.2) is 13.2 Å². The summed E-state index contributed by atoms with van der Waals surface area (Å²) < 4.78 is 42.6. The average Bonchev–Trinajstić information content (AvgIpc) is 2.68. The molecule has 0 nitrogen and oxygen atoms in total. The Hall–Kier alpha value is -2.49. The van der Waals surface area contributed by atoms with Crippen LogP contribution in [0, 0.1) is 17.5 Å². The Balaban J connectivity index is 2.24. The van der Waals surface area contributed by atoms with Gasteiger partial charge in [0.05, 0.1) is 6.15 Å². The van der Waals surface area contributed by atoms with Crippen LogP contribution < -0.4 is 16.4 Å². The zero-order valence-corrected chi connectivity index (χ0v) is 16.2. The monoisotopic (exact) mass is 381 g/mol. The van der Waals surface area contributed by atoms with Crippen molar-refractivity contribution < 1.29 is 13.2 Å². The van der Waals surface area contributed by atoms with E-state index in [1.807, 2.05) is 18.2 Å². The Bertz CT molecular complexity index is 812. The SMILES string of the molecule is CCCCCC[B-](c1cccc(F)c1)(c1cccc(F)c1)c1cccc(F)c1. The highest BCUT2D eigenvalue weighted by Gasteiger charge is 2.30. The summed E-state index contributed by atoms with van der Waals surface area (Å²) in [6.45, 7) is 2.14. The number of halogens is 3. The van der Waals surface area contributed by atoms with Gasteiger partial charge in [0, 0.05) is 0 Å². The van der Waals surface area contributed by atoms with E-state index in [-0.39, 0.29) is 17.5 Å². The molecule has 0 aliphatic rings. The minimum absolute atomic E-state index is 0.342. The summed E-state index contributed by atoms with van der Waals surface area (Å²) in [7, 11) is 0. The molecule has 3 aromatic rings. The summed E-state index contributed by atoms with van der Waals surface area (Å²) in [4.78, 5) is 0. The summed E-state index contributed by atoms with van der Waals surface area (Å²) in [6.07, 6.45) is 3.12. The number of hydrogen-bond acceptors (Lipinski definition) is 0. The lowest BCUT2D eigenvalue weighted by Crippen LogP contribution is -2.67. The van der Waals surface area contributed by atoms with Crippen molar-refractivity contribution in [2.24, 2.45) is 0 Å². The molecule has 0 fully saturated rings. The third-order valence-corrected chi connectivity index (χ3v) is 5.74. The molecule has 0 saturated carbocycles. The van der Waals surface area contributed by atoms with Crippen LogP contribution in [0.4, 0.5) is 13.2 Å². The van der Waals surface area contributed by atoms with E-state index >= 15 is 0 Å². The van der Waals surface area contributed by atoms with E-state index in [1.54, 1.807) is 18.2 Å². The van der Waals surface area contributed by atoms with Crippen molar-refractivity contribution in [3.8, 4) is 0 Å². The van der Waals surface area contributed by atoms with Crippen molar-refractivity contribution in [1.82, 2.24) is 0 Å². The van der Waals surface area contributed by atoms with Crippen molar-refractivity contribution in [3.63, 3.8) is 0 Å². The number of rotatable bonds is 8. The van der Waals surface area contributed by atoms with Crippen molar-refractivity contribution in [2.45, 2.75) is 38.9 Å². The van der Waals surface area contributed by atoms with E-state index in [1.165, 1.54) is 36.4 Å². The molecule has 0 spiro atoms. The Morgan fingerprint density at radius 1 is 0.607 bits per heavy atom. The minimum atomic E-state index is -1.71. The van der Waals surface area contributed by atoms with Crippen molar-refractivity contribution >= 4 is 22.5 Å². The average molecular weight is 381 g/mol. The molecule has 0 N–H and O–H groups in total. The second-order valence-corrected chi connectivity index (χ2v) is 7.56. The largest absolute Gasteiger partial charge is 0.207 e. The first-order valence-corrected chi connectivity index (χ1v) is 10.0. The van der Waals surface area contributed by atoms with Gasteiger partial charge >= 0.3 is 0 Å². The van der Waals surface area contributed by atoms with Gasteiger partial charge in [0.2, 0.25) is 0 Å². The van der Waals surface area contributed by atoms with Crippen LogP contribution in [0.1, 0.15) is 32.6 Å². The van der Waals surface area contributed by atoms with Gasteiger partial charge in [-0.1, -0.05) is 87.2 Å². The van der Waals surface area contributed by atoms with Crippen LogP contribution in [0.25, 0.3) is 0 Å². The van der Waals surface area contributed by atoms with Crippen LogP contribution in [0.15, 0.2) is 72.8 Å². The van der Waals surface area contributed by atoms with E-state index in [4.69, 9.17) is 0 Å². The molecule has 0 unspecified atom stereocenters. The molecule has 0 aliphatic carbocycles.